The summed E-state index contributed by atoms with van der Waals surface area (Å²) in [5.41, 5.74) is 1.61. The first-order valence-electron chi connectivity index (χ1n) is 8.06. The predicted octanol–water partition coefficient (Wildman–Crippen LogP) is 1.04. The number of aliphatic carboxylic acids is 1. The number of rotatable bonds is 6. The molecule has 1 aromatic carbocycles. The molecule has 0 saturated carbocycles. The largest absolute Gasteiger partial charge is 0.481 e. The molecule has 0 aliphatic carbocycles. The Hall–Kier alpha value is -2.74. The lowest BCUT2D eigenvalue weighted by Crippen LogP contribution is -2.39. The van der Waals surface area contributed by atoms with Crippen LogP contribution >= 0.6 is 0 Å². The van der Waals surface area contributed by atoms with Crippen LogP contribution in [0.1, 0.15) is 12.8 Å². The van der Waals surface area contributed by atoms with Crippen molar-refractivity contribution in [2.24, 2.45) is 0 Å². The monoisotopic (exact) mass is 344 g/mol. The van der Waals surface area contributed by atoms with Gasteiger partial charge in [0.2, 0.25) is 5.91 Å². The molecule has 1 amide bonds. The molecule has 132 valence electrons. The summed E-state index contributed by atoms with van der Waals surface area (Å²) >= 11 is 0. The number of nitrogens with zero attached hydrogens (tertiary/aromatic N) is 4. The molecule has 8 nitrogen and oxygen atoms in total. The van der Waals surface area contributed by atoms with Crippen LogP contribution in [0.5, 0.6) is 0 Å². The molecule has 2 atom stereocenters. The van der Waals surface area contributed by atoms with E-state index < -0.39 is 5.97 Å². The molecule has 1 aliphatic heterocycles. The number of aromatic nitrogens is 3. The molecule has 0 spiro atoms. The number of likely N-dealkylation sites (tertiary alicyclic amines) is 1. The van der Waals surface area contributed by atoms with E-state index in [4.69, 9.17) is 9.84 Å². The van der Waals surface area contributed by atoms with Gasteiger partial charge in [-0.2, -0.15) is 0 Å². The van der Waals surface area contributed by atoms with Crippen LogP contribution in [0, 0.1) is 0 Å². The van der Waals surface area contributed by atoms with E-state index in [9.17, 15) is 9.59 Å². The molecular weight excluding hydrogens is 324 g/mol. The Bertz CT molecular complexity index is 746. The highest BCUT2D eigenvalue weighted by Gasteiger charge is 2.36. The molecule has 0 bridgehead atoms. The van der Waals surface area contributed by atoms with Gasteiger partial charge in [-0.25, -0.2) is 4.68 Å². The molecule has 1 aromatic heterocycles. The zero-order valence-electron chi connectivity index (χ0n) is 13.9. The molecule has 1 fully saturated rings. The van der Waals surface area contributed by atoms with Gasteiger partial charge in [0.1, 0.15) is 12.2 Å². The third-order valence-corrected chi connectivity index (χ3v) is 4.35. The molecule has 2 unspecified atom stereocenters. The van der Waals surface area contributed by atoms with Crippen molar-refractivity contribution in [2.45, 2.75) is 31.5 Å². The smallest absolute Gasteiger partial charge is 0.305 e. The lowest BCUT2D eigenvalue weighted by molar-refractivity contribution is -0.140. The van der Waals surface area contributed by atoms with Crippen molar-refractivity contribution in [1.29, 1.82) is 0 Å². The van der Waals surface area contributed by atoms with Crippen LogP contribution in [0.3, 0.4) is 0 Å². The summed E-state index contributed by atoms with van der Waals surface area (Å²) in [6, 6.07) is 9.22. The van der Waals surface area contributed by atoms with Crippen molar-refractivity contribution in [3.05, 3.63) is 36.5 Å². The number of carbonyl (C=O) groups excluding carboxylic acids is 1. The average molecular weight is 344 g/mol. The van der Waals surface area contributed by atoms with Crippen LogP contribution in [0.25, 0.3) is 11.3 Å². The SMILES string of the molecule is COC1CC(CC(=O)O)N(C(=O)Cn2cc(-c3ccccc3)nn2)C1. The van der Waals surface area contributed by atoms with Gasteiger partial charge in [0, 0.05) is 25.3 Å². The topological polar surface area (TPSA) is 97.6 Å². The van der Waals surface area contributed by atoms with Gasteiger partial charge in [-0.3, -0.25) is 9.59 Å². The Morgan fingerprint density at radius 3 is 2.76 bits per heavy atom. The van der Waals surface area contributed by atoms with E-state index in [1.165, 1.54) is 4.68 Å². The lowest BCUT2D eigenvalue weighted by atomic mass is 10.1. The highest BCUT2D eigenvalue weighted by atomic mass is 16.5. The molecule has 1 aliphatic rings. The first kappa shape index (κ1) is 17.1. The van der Waals surface area contributed by atoms with Crippen LogP contribution in [0.15, 0.2) is 36.5 Å². The first-order valence-corrected chi connectivity index (χ1v) is 8.06. The van der Waals surface area contributed by atoms with Crippen molar-refractivity contribution >= 4 is 11.9 Å². The standard InChI is InChI=1S/C17H20N4O4/c1-25-14-7-13(8-17(23)24)21(9-14)16(22)11-20-10-15(18-19-20)12-5-3-2-4-6-12/h2-6,10,13-14H,7-9,11H2,1H3,(H,23,24). The predicted molar refractivity (Wildman–Crippen MR) is 88.6 cm³/mol. The zero-order valence-corrected chi connectivity index (χ0v) is 13.9. The van der Waals surface area contributed by atoms with Crippen LogP contribution in [-0.2, 0) is 20.9 Å². The van der Waals surface area contributed by atoms with E-state index in [1.807, 2.05) is 30.3 Å². The van der Waals surface area contributed by atoms with Gasteiger partial charge in [0.05, 0.1) is 18.7 Å². The number of carboxylic acids is 1. The van der Waals surface area contributed by atoms with E-state index in [0.717, 1.165) is 5.56 Å². The summed E-state index contributed by atoms with van der Waals surface area (Å²) in [5, 5.41) is 17.1. The van der Waals surface area contributed by atoms with Crippen molar-refractivity contribution in [3.8, 4) is 11.3 Å². The number of carboxylic acid groups (broad SMARTS) is 1. The Morgan fingerprint density at radius 1 is 1.32 bits per heavy atom. The van der Waals surface area contributed by atoms with Crippen LogP contribution in [-0.4, -0.2) is 62.7 Å². The van der Waals surface area contributed by atoms with E-state index in [1.54, 1.807) is 18.2 Å². The van der Waals surface area contributed by atoms with E-state index in [0.29, 0.717) is 18.7 Å². The van der Waals surface area contributed by atoms with Crippen LogP contribution in [0.2, 0.25) is 0 Å². The molecule has 1 saturated heterocycles. The molecule has 0 radical (unpaired) electrons. The number of benzene rings is 1. The Balaban J connectivity index is 1.69. The van der Waals surface area contributed by atoms with Crippen LogP contribution in [0.4, 0.5) is 0 Å². The van der Waals surface area contributed by atoms with Gasteiger partial charge in [-0.1, -0.05) is 35.5 Å². The Labute approximate surface area is 145 Å². The summed E-state index contributed by atoms with van der Waals surface area (Å²) in [6.45, 7) is 0.417. The maximum Gasteiger partial charge on any atom is 0.305 e. The van der Waals surface area contributed by atoms with Gasteiger partial charge in [-0.05, 0) is 6.42 Å². The third kappa shape index (κ3) is 4.03. The summed E-state index contributed by atoms with van der Waals surface area (Å²) in [7, 11) is 1.57. The van der Waals surface area contributed by atoms with Gasteiger partial charge in [0.25, 0.3) is 0 Å². The second-order valence-electron chi connectivity index (χ2n) is 6.06. The fraction of sp³-hybridized carbons (Fsp3) is 0.412. The number of methoxy groups -OCH3 is 1. The molecule has 2 aromatic rings. The molecule has 1 N–H and O–H groups in total. The lowest BCUT2D eigenvalue weighted by Gasteiger charge is -2.23. The van der Waals surface area contributed by atoms with E-state index >= 15 is 0 Å². The second kappa shape index (κ2) is 7.43. The van der Waals surface area contributed by atoms with Crippen molar-refractivity contribution in [3.63, 3.8) is 0 Å². The minimum Gasteiger partial charge on any atom is -0.481 e. The second-order valence-corrected chi connectivity index (χ2v) is 6.06. The number of ether oxygens (including phenoxy) is 1. The fourth-order valence-electron chi connectivity index (χ4n) is 3.09. The summed E-state index contributed by atoms with van der Waals surface area (Å²) in [4.78, 5) is 25.2. The van der Waals surface area contributed by atoms with Crippen LogP contribution < -0.4 is 0 Å². The quantitative estimate of drug-likeness (QED) is 0.841. The fourth-order valence-corrected chi connectivity index (χ4v) is 3.09. The molecule has 2 heterocycles. The molecule has 25 heavy (non-hydrogen) atoms. The van der Waals surface area contributed by atoms with Crippen molar-refractivity contribution in [1.82, 2.24) is 19.9 Å². The summed E-state index contributed by atoms with van der Waals surface area (Å²) in [6.07, 6.45) is 2.02. The van der Waals surface area contributed by atoms with Crippen molar-refractivity contribution in [2.75, 3.05) is 13.7 Å². The number of hydrogen-bond donors (Lipinski definition) is 1. The minimum absolute atomic E-state index is 0.0202. The van der Waals surface area contributed by atoms with Crippen molar-refractivity contribution < 1.29 is 19.4 Å². The Morgan fingerprint density at radius 2 is 2.08 bits per heavy atom. The van der Waals surface area contributed by atoms with E-state index in [-0.39, 0.29) is 31.0 Å². The number of hydrogen-bond acceptors (Lipinski definition) is 5. The number of amides is 1. The third-order valence-electron chi connectivity index (χ3n) is 4.35. The average Bonchev–Trinajstić information content (AvgIpc) is 3.22. The molecule has 8 heteroatoms. The van der Waals surface area contributed by atoms with Gasteiger partial charge < -0.3 is 14.7 Å². The normalized spacial score (nSPS) is 20.0. The highest BCUT2D eigenvalue weighted by molar-refractivity contribution is 5.78. The minimum atomic E-state index is -0.924. The highest BCUT2D eigenvalue weighted by Crippen LogP contribution is 2.23. The zero-order chi connectivity index (χ0) is 17.8. The maximum absolute atomic E-state index is 12.6. The molecular formula is C17H20N4O4. The summed E-state index contributed by atoms with van der Waals surface area (Å²) < 4.78 is 6.77. The first-order chi connectivity index (χ1) is 12.1. The van der Waals surface area contributed by atoms with E-state index in [2.05, 4.69) is 10.3 Å². The van der Waals surface area contributed by atoms with Gasteiger partial charge in [-0.15, -0.1) is 5.10 Å². The maximum atomic E-state index is 12.6. The number of carbonyl (C=O) groups is 2. The van der Waals surface area contributed by atoms with Gasteiger partial charge in [0.15, 0.2) is 0 Å². The molecule has 3 rings (SSSR count). The summed E-state index contributed by atoms with van der Waals surface area (Å²) in [5.74, 6) is -1.11. The Kier molecular flexibility index (Phi) is 5.08. The van der Waals surface area contributed by atoms with Gasteiger partial charge >= 0.3 is 5.97 Å².